The molecule has 20 heavy (non-hydrogen) atoms. The maximum atomic E-state index is 11.7. The molecule has 0 amide bonds. The average Bonchev–Trinajstić information content (AvgIpc) is 2.42. The van der Waals surface area contributed by atoms with Crippen molar-refractivity contribution in [2.45, 2.75) is 20.3 Å². The molecule has 0 spiro atoms. The van der Waals surface area contributed by atoms with Gasteiger partial charge in [0.05, 0.1) is 24.0 Å². The first kappa shape index (κ1) is 16.3. The summed E-state index contributed by atoms with van der Waals surface area (Å²) in [6.45, 7) is 6.37. The van der Waals surface area contributed by atoms with E-state index in [9.17, 15) is 4.79 Å². The molecule has 1 rings (SSSR count). The summed E-state index contributed by atoms with van der Waals surface area (Å²) in [4.78, 5) is 11.7. The molecule has 3 N–H and O–H groups in total. The Morgan fingerprint density at radius 3 is 2.80 bits per heavy atom. The quantitative estimate of drug-likeness (QED) is 0.435. The second-order valence-corrected chi connectivity index (χ2v) is 5.01. The van der Waals surface area contributed by atoms with Gasteiger partial charge in [0.1, 0.15) is 0 Å². The maximum absolute atomic E-state index is 11.7. The maximum Gasteiger partial charge on any atom is 0.340 e. The lowest BCUT2D eigenvalue weighted by Gasteiger charge is -2.13. The first-order chi connectivity index (χ1) is 9.56. The molecule has 0 aliphatic rings. The number of rotatable bonds is 8. The lowest BCUT2D eigenvalue weighted by Crippen LogP contribution is -2.13. The van der Waals surface area contributed by atoms with Crippen molar-refractivity contribution >= 4 is 17.3 Å². The normalized spacial score (nSPS) is 10.6. The van der Waals surface area contributed by atoms with Crippen LogP contribution in [0.2, 0.25) is 0 Å². The number of nitrogens with one attached hydrogen (secondary N) is 1. The van der Waals surface area contributed by atoms with Crippen molar-refractivity contribution in [3.63, 3.8) is 0 Å². The molecule has 0 fully saturated rings. The van der Waals surface area contributed by atoms with Crippen LogP contribution in [0, 0.1) is 5.92 Å². The van der Waals surface area contributed by atoms with Gasteiger partial charge in [0.25, 0.3) is 0 Å². The zero-order chi connectivity index (χ0) is 15.0. The molecule has 0 bridgehead atoms. The Morgan fingerprint density at radius 1 is 1.40 bits per heavy atom. The monoisotopic (exact) mass is 280 g/mol. The SMILES string of the molecule is COC(=O)c1cccc(N)c1NCCCOCC(C)C. The third kappa shape index (κ3) is 5.09. The summed E-state index contributed by atoms with van der Waals surface area (Å²) in [5.74, 6) is 0.148. The van der Waals surface area contributed by atoms with Crippen LogP contribution in [0.15, 0.2) is 18.2 Å². The molecule has 1 aromatic carbocycles. The van der Waals surface area contributed by atoms with Crippen molar-refractivity contribution in [1.82, 2.24) is 0 Å². The smallest absolute Gasteiger partial charge is 0.340 e. The highest BCUT2D eigenvalue weighted by Gasteiger charge is 2.13. The standard InChI is InChI=1S/C15H24N2O3/c1-11(2)10-20-9-5-8-17-14-12(15(18)19-3)6-4-7-13(14)16/h4,6-7,11,17H,5,8-10,16H2,1-3H3. The predicted molar refractivity (Wildman–Crippen MR) is 81.0 cm³/mol. The summed E-state index contributed by atoms with van der Waals surface area (Å²) >= 11 is 0. The molecule has 0 radical (unpaired) electrons. The Hall–Kier alpha value is -1.75. The van der Waals surface area contributed by atoms with Gasteiger partial charge in [0.2, 0.25) is 0 Å². The molecule has 0 heterocycles. The van der Waals surface area contributed by atoms with E-state index in [0.29, 0.717) is 36.0 Å². The summed E-state index contributed by atoms with van der Waals surface area (Å²) in [5.41, 5.74) is 7.51. The Morgan fingerprint density at radius 2 is 2.15 bits per heavy atom. The minimum atomic E-state index is -0.393. The molecular formula is C15H24N2O3. The predicted octanol–water partition coefficient (Wildman–Crippen LogP) is 2.53. The van der Waals surface area contributed by atoms with E-state index in [2.05, 4.69) is 19.2 Å². The number of hydrogen-bond donors (Lipinski definition) is 2. The second kappa shape index (κ2) is 8.43. The largest absolute Gasteiger partial charge is 0.465 e. The van der Waals surface area contributed by atoms with E-state index in [1.807, 2.05) is 0 Å². The highest BCUT2D eigenvalue weighted by atomic mass is 16.5. The third-order valence-electron chi connectivity index (χ3n) is 2.72. The lowest BCUT2D eigenvalue weighted by molar-refractivity contribution is 0.0602. The topological polar surface area (TPSA) is 73.6 Å². The molecule has 0 aliphatic carbocycles. The Balaban J connectivity index is 2.49. The summed E-state index contributed by atoms with van der Waals surface area (Å²) in [6.07, 6.45) is 0.849. The van der Waals surface area contributed by atoms with E-state index < -0.39 is 5.97 Å². The van der Waals surface area contributed by atoms with Crippen LogP contribution in [0.5, 0.6) is 0 Å². The van der Waals surface area contributed by atoms with Crippen LogP contribution in [0.4, 0.5) is 11.4 Å². The van der Waals surface area contributed by atoms with E-state index in [0.717, 1.165) is 13.0 Å². The van der Waals surface area contributed by atoms with E-state index in [4.69, 9.17) is 15.2 Å². The van der Waals surface area contributed by atoms with Gasteiger partial charge in [0.15, 0.2) is 0 Å². The number of carbonyl (C=O) groups is 1. The van der Waals surface area contributed by atoms with Gasteiger partial charge in [0, 0.05) is 19.8 Å². The Labute approximate surface area is 120 Å². The fourth-order valence-corrected chi connectivity index (χ4v) is 1.75. The summed E-state index contributed by atoms with van der Waals surface area (Å²) in [5, 5.41) is 3.18. The highest BCUT2D eigenvalue weighted by Crippen LogP contribution is 2.24. The minimum Gasteiger partial charge on any atom is -0.465 e. The van der Waals surface area contributed by atoms with Crippen LogP contribution in [0.1, 0.15) is 30.6 Å². The number of nitrogens with two attached hydrogens (primary N) is 1. The molecule has 5 heteroatoms. The number of esters is 1. The molecule has 0 saturated carbocycles. The van der Waals surface area contributed by atoms with Crippen LogP contribution in [0.3, 0.4) is 0 Å². The first-order valence-corrected chi connectivity index (χ1v) is 6.84. The zero-order valence-electron chi connectivity index (χ0n) is 12.4. The molecule has 0 aromatic heterocycles. The van der Waals surface area contributed by atoms with Crippen molar-refractivity contribution in [3.8, 4) is 0 Å². The molecule has 1 aromatic rings. The number of anilines is 2. The van der Waals surface area contributed by atoms with Crippen LogP contribution in [0.25, 0.3) is 0 Å². The Kier molecular flexibility index (Phi) is 6.87. The second-order valence-electron chi connectivity index (χ2n) is 5.01. The molecular weight excluding hydrogens is 256 g/mol. The van der Waals surface area contributed by atoms with Gasteiger partial charge in [-0.1, -0.05) is 19.9 Å². The fraction of sp³-hybridized carbons (Fsp3) is 0.533. The number of benzene rings is 1. The number of para-hydroxylation sites is 1. The molecule has 0 saturated heterocycles. The number of hydrogen-bond acceptors (Lipinski definition) is 5. The Bertz CT molecular complexity index is 433. The minimum absolute atomic E-state index is 0.393. The number of nitrogen functional groups attached to an aromatic ring is 1. The fourth-order valence-electron chi connectivity index (χ4n) is 1.75. The molecule has 112 valence electrons. The van der Waals surface area contributed by atoms with Crippen molar-refractivity contribution in [2.24, 2.45) is 5.92 Å². The van der Waals surface area contributed by atoms with E-state index >= 15 is 0 Å². The summed E-state index contributed by atoms with van der Waals surface area (Å²) in [6, 6.07) is 5.18. The van der Waals surface area contributed by atoms with Gasteiger partial charge < -0.3 is 20.5 Å². The van der Waals surface area contributed by atoms with Crippen molar-refractivity contribution in [1.29, 1.82) is 0 Å². The number of ether oxygens (including phenoxy) is 2. The third-order valence-corrected chi connectivity index (χ3v) is 2.72. The molecule has 5 nitrogen and oxygen atoms in total. The van der Waals surface area contributed by atoms with Gasteiger partial charge in [-0.05, 0) is 24.5 Å². The van der Waals surface area contributed by atoms with Gasteiger partial charge in [-0.25, -0.2) is 4.79 Å². The van der Waals surface area contributed by atoms with Gasteiger partial charge in [-0.2, -0.15) is 0 Å². The van der Waals surface area contributed by atoms with Crippen molar-refractivity contribution in [3.05, 3.63) is 23.8 Å². The zero-order valence-corrected chi connectivity index (χ0v) is 12.4. The number of methoxy groups -OCH3 is 1. The molecule has 0 aliphatic heterocycles. The van der Waals surface area contributed by atoms with Gasteiger partial charge in [-0.3, -0.25) is 0 Å². The molecule has 0 unspecified atom stereocenters. The average molecular weight is 280 g/mol. The van der Waals surface area contributed by atoms with E-state index in [1.54, 1.807) is 18.2 Å². The first-order valence-electron chi connectivity index (χ1n) is 6.84. The van der Waals surface area contributed by atoms with Crippen LogP contribution in [-0.2, 0) is 9.47 Å². The van der Waals surface area contributed by atoms with Gasteiger partial charge in [-0.15, -0.1) is 0 Å². The van der Waals surface area contributed by atoms with E-state index in [-0.39, 0.29) is 0 Å². The lowest BCUT2D eigenvalue weighted by atomic mass is 10.1. The van der Waals surface area contributed by atoms with Crippen LogP contribution >= 0.6 is 0 Å². The van der Waals surface area contributed by atoms with E-state index in [1.165, 1.54) is 7.11 Å². The molecule has 0 atom stereocenters. The van der Waals surface area contributed by atoms with Crippen LogP contribution < -0.4 is 11.1 Å². The number of carbonyl (C=O) groups excluding carboxylic acids is 1. The van der Waals surface area contributed by atoms with Crippen molar-refractivity contribution < 1.29 is 14.3 Å². The summed E-state index contributed by atoms with van der Waals surface area (Å²) in [7, 11) is 1.36. The summed E-state index contributed by atoms with van der Waals surface area (Å²) < 4.78 is 10.2. The van der Waals surface area contributed by atoms with Crippen LogP contribution in [-0.4, -0.2) is 32.8 Å². The highest BCUT2D eigenvalue weighted by molar-refractivity contribution is 5.98. The van der Waals surface area contributed by atoms with Crippen molar-refractivity contribution in [2.75, 3.05) is 37.9 Å². The van der Waals surface area contributed by atoms with Gasteiger partial charge >= 0.3 is 5.97 Å².